The van der Waals surface area contributed by atoms with Crippen molar-refractivity contribution in [2.45, 2.75) is 11.8 Å². The minimum absolute atomic E-state index is 0.0122. The third kappa shape index (κ3) is 4.87. The first kappa shape index (κ1) is 20.2. The average molecular weight is 408 g/mol. The monoisotopic (exact) mass is 408 g/mol. The molecule has 0 aromatic heterocycles. The molecule has 3 aromatic carbocycles. The number of carbonyl (C=O) groups excluding carboxylic acids is 1. The second kappa shape index (κ2) is 8.26. The van der Waals surface area contributed by atoms with E-state index in [1.54, 1.807) is 18.2 Å². The van der Waals surface area contributed by atoms with Crippen LogP contribution in [0.25, 0.3) is 0 Å². The van der Waals surface area contributed by atoms with E-state index in [2.05, 4.69) is 10.5 Å². The standard InChI is InChI=1S/C21H19N3O4S/c1-14-6-8-15(9-7-14)20(18-4-2-3-5-19(18)21(25)26)24-23-16-10-12-17(13-11-16)29(22,27)28/h2-13,23H,1H3,(H,25,26)(H2,22,27,28)/p-1/b24-20-. The first-order chi connectivity index (χ1) is 13.8. The predicted octanol–water partition coefficient (Wildman–Crippen LogP) is 1.87. The van der Waals surface area contributed by atoms with E-state index in [9.17, 15) is 18.3 Å². The van der Waals surface area contributed by atoms with Crippen LogP contribution >= 0.6 is 0 Å². The number of hydrazone groups is 1. The van der Waals surface area contributed by atoms with Crippen molar-refractivity contribution in [2.24, 2.45) is 10.2 Å². The lowest BCUT2D eigenvalue weighted by Crippen LogP contribution is -2.25. The van der Waals surface area contributed by atoms with Crippen LogP contribution in [-0.4, -0.2) is 20.1 Å². The molecule has 8 heteroatoms. The van der Waals surface area contributed by atoms with Crippen molar-refractivity contribution in [1.29, 1.82) is 0 Å². The van der Waals surface area contributed by atoms with Gasteiger partial charge >= 0.3 is 0 Å². The first-order valence-corrected chi connectivity index (χ1v) is 10.1. The molecule has 0 saturated heterocycles. The Balaban J connectivity index is 2.04. The van der Waals surface area contributed by atoms with Crippen LogP contribution in [0.1, 0.15) is 27.0 Å². The number of carboxylic acids is 1. The highest BCUT2D eigenvalue weighted by atomic mass is 32.2. The fourth-order valence-corrected chi connectivity index (χ4v) is 3.21. The Kier molecular flexibility index (Phi) is 5.76. The SMILES string of the molecule is Cc1ccc(/C(=N/Nc2ccc(S(N)(=O)=O)cc2)c2ccccc2C(=O)[O-])cc1. The number of aromatic carboxylic acids is 1. The zero-order valence-corrected chi connectivity index (χ0v) is 16.3. The molecule has 0 fully saturated rings. The third-order valence-electron chi connectivity index (χ3n) is 4.21. The maximum absolute atomic E-state index is 11.6. The maximum atomic E-state index is 11.6. The molecule has 0 heterocycles. The number of hydrogen-bond donors (Lipinski definition) is 2. The first-order valence-electron chi connectivity index (χ1n) is 8.60. The Morgan fingerprint density at radius 2 is 1.52 bits per heavy atom. The molecule has 0 saturated carbocycles. The number of hydrogen-bond acceptors (Lipinski definition) is 6. The van der Waals surface area contributed by atoms with Gasteiger partial charge in [0.2, 0.25) is 10.0 Å². The van der Waals surface area contributed by atoms with Crippen LogP contribution in [0.15, 0.2) is 82.8 Å². The van der Waals surface area contributed by atoms with E-state index in [1.165, 1.54) is 30.3 Å². The van der Waals surface area contributed by atoms with E-state index >= 15 is 0 Å². The molecule has 0 atom stereocenters. The summed E-state index contributed by atoms with van der Waals surface area (Å²) >= 11 is 0. The largest absolute Gasteiger partial charge is 0.545 e. The Morgan fingerprint density at radius 1 is 0.931 bits per heavy atom. The summed E-state index contributed by atoms with van der Waals surface area (Å²) in [5.41, 5.74) is 5.91. The Labute approximate surface area is 168 Å². The molecule has 3 N–H and O–H groups in total. The number of nitrogens with zero attached hydrogens (tertiary/aromatic N) is 1. The molecule has 148 valence electrons. The van der Waals surface area contributed by atoms with Gasteiger partial charge in [-0.15, -0.1) is 0 Å². The van der Waals surface area contributed by atoms with Crippen LogP contribution in [0.2, 0.25) is 0 Å². The number of benzene rings is 3. The molecule has 3 rings (SSSR count). The average Bonchev–Trinajstić information content (AvgIpc) is 2.69. The molecule has 0 amide bonds. The predicted molar refractivity (Wildman–Crippen MR) is 109 cm³/mol. The van der Waals surface area contributed by atoms with E-state index < -0.39 is 16.0 Å². The molecular weight excluding hydrogens is 390 g/mol. The summed E-state index contributed by atoms with van der Waals surface area (Å²) in [6.45, 7) is 1.95. The number of anilines is 1. The highest BCUT2D eigenvalue weighted by Crippen LogP contribution is 2.18. The van der Waals surface area contributed by atoms with Gasteiger partial charge in [-0.05, 0) is 31.2 Å². The summed E-state index contributed by atoms with van der Waals surface area (Å²) in [7, 11) is -3.79. The molecule has 3 aromatic rings. The van der Waals surface area contributed by atoms with Crippen molar-refractivity contribution >= 4 is 27.4 Å². The number of nitrogens with two attached hydrogens (primary N) is 1. The fourth-order valence-electron chi connectivity index (χ4n) is 2.70. The van der Waals surface area contributed by atoms with E-state index in [4.69, 9.17) is 5.14 Å². The summed E-state index contributed by atoms with van der Waals surface area (Å²) in [5.74, 6) is -1.31. The summed E-state index contributed by atoms with van der Waals surface area (Å²) in [6, 6.07) is 19.6. The Morgan fingerprint density at radius 3 is 2.07 bits per heavy atom. The van der Waals surface area contributed by atoms with Crippen LogP contribution in [0, 0.1) is 6.92 Å². The zero-order valence-electron chi connectivity index (χ0n) is 15.5. The minimum atomic E-state index is -3.79. The number of nitrogens with one attached hydrogen (secondary N) is 1. The molecule has 0 aliphatic heterocycles. The Bertz CT molecular complexity index is 1170. The molecule has 0 spiro atoms. The van der Waals surface area contributed by atoms with Crippen molar-refractivity contribution in [2.75, 3.05) is 5.43 Å². The smallest absolute Gasteiger partial charge is 0.238 e. The van der Waals surface area contributed by atoms with Crippen molar-refractivity contribution in [1.82, 2.24) is 0 Å². The van der Waals surface area contributed by atoms with Crippen molar-refractivity contribution in [3.63, 3.8) is 0 Å². The summed E-state index contributed by atoms with van der Waals surface area (Å²) in [6.07, 6.45) is 0. The van der Waals surface area contributed by atoms with Gasteiger partial charge in [-0.2, -0.15) is 5.10 Å². The number of aryl methyl sites for hydroxylation is 1. The van der Waals surface area contributed by atoms with Gasteiger partial charge in [0.05, 0.1) is 22.3 Å². The molecule has 7 nitrogen and oxygen atoms in total. The number of carboxylic acid groups (broad SMARTS) is 1. The van der Waals surface area contributed by atoms with Crippen LogP contribution < -0.4 is 15.7 Å². The van der Waals surface area contributed by atoms with E-state index in [0.29, 0.717) is 22.5 Å². The van der Waals surface area contributed by atoms with Crippen LogP contribution in [0.3, 0.4) is 0 Å². The second-order valence-corrected chi connectivity index (χ2v) is 7.90. The number of carbonyl (C=O) groups is 1. The summed E-state index contributed by atoms with van der Waals surface area (Å²) in [4.78, 5) is 11.5. The minimum Gasteiger partial charge on any atom is -0.545 e. The molecule has 0 aliphatic carbocycles. The van der Waals surface area contributed by atoms with Gasteiger partial charge < -0.3 is 9.90 Å². The van der Waals surface area contributed by atoms with Gasteiger partial charge in [0.25, 0.3) is 0 Å². The summed E-state index contributed by atoms with van der Waals surface area (Å²) < 4.78 is 22.8. The maximum Gasteiger partial charge on any atom is 0.238 e. The van der Waals surface area contributed by atoms with Crippen LogP contribution in [0.4, 0.5) is 5.69 Å². The topological polar surface area (TPSA) is 125 Å². The molecule has 0 radical (unpaired) electrons. The lowest BCUT2D eigenvalue weighted by Gasteiger charge is -2.14. The number of primary sulfonamides is 1. The van der Waals surface area contributed by atoms with Gasteiger partial charge in [-0.25, -0.2) is 13.6 Å². The van der Waals surface area contributed by atoms with Gasteiger partial charge in [0.1, 0.15) is 0 Å². The highest BCUT2D eigenvalue weighted by molar-refractivity contribution is 7.89. The van der Waals surface area contributed by atoms with Crippen LogP contribution in [0.5, 0.6) is 0 Å². The van der Waals surface area contributed by atoms with E-state index in [0.717, 1.165) is 5.56 Å². The molecular formula is C21H18N3O4S-. The second-order valence-electron chi connectivity index (χ2n) is 6.34. The number of sulfonamides is 1. The van der Waals surface area contributed by atoms with Gasteiger partial charge in [0.15, 0.2) is 0 Å². The quantitative estimate of drug-likeness (QED) is 0.476. The highest BCUT2D eigenvalue weighted by Gasteiger charge is 2.13. The van der Waals surface area contributed by atoms with Gasteiger partial charge in [-0.3, -0.25) is 5.43 Å². The van der Waals surface area contributed by atoms with Crippen molar-refractivity contribution < 1.29 is 18.3 Å². The molecule has 29 heavy (non-hydrogen) atoms. The fraction of sp³-hybridized carbons (Fsp3) is 0.0476. The molecule has 0 bridgehead atoms. The zero-order chi connectivity index (χ0) is 21.0. The molecule has 0 unspecified atom stereocenters. The van der Waals surface area contributed by atoms with E-state index in [-0.39, 0.29) is 10.5 Å². The van der Waals surface area contributed by atoms with Gasteiger partial charge in [0, 0.05) is 16.7 Å². The lowest BCUT2D eigenvalue weighted by molar-refractivity contribution is -0.255. The Hall–Kier alpha value is -3.49. The van der Waals surface area contributed by atoms with Gasteiger partial charge in [-0.1, -0.05) is 54.1 Å². The molecule has 0 aliphatic rings. The van der Waals surface area contributed by atoms with Crippen molar-refractivity contribution in [3.05, 3.63) is 95.1 Å². The normalized spacial score (nSPS) is 11.9. The third-order valence-corrected chi connectivity index (χ3v) is 5.14. The van der Waals surface area contributed by atoms with Crippen molar-refractivity contribution in [3.8, 4) is 0 Å². The lowest BCUT2D eigenvalue weighted by atomic mass is 9.97. The van der Waals surface area contributed by atoms with E-state index in [1.807, 2.05) is 31.2 Å². The summed E-state index contributed by atoms with van der Waals surface area (Å²) in [5, 5.41) is 21.1. The van der Waals surface area contributed by atoms with Crippen LogP contribution in [-0.2, 0) is 10.0 Å². The number of rotatable bonds is 6.